The zero-order valence-corrected chi connectivity index (χ0v) is 9.87. The first-order chi connectivity index (χ1) is 8.13. The van der Waals surface area contributed by atoms with Gasteiger partial charge in [-0.2, -0.15) is 0 Å². The monoisotopic (exact) mass is 241 g/mol. The van der Waals surface area contributed by atoms with E-state index in [-0.39, 0.29) is 24.8 Å². The van der Waals surface area contributed by atoms with Crippen LogP contribution in [-0.2, 0) is 6.54 Å². The van der Waals surface area contributed by atoms with Crippen LogP contribution in [0.2, 0.25) is 0 Å². The zero-order valence-electron chi connectivity index (χ0n) is 9.87. The van der Waals surface area contributed by atoms with E-state index in [0.717, 1.165) is 13.0 Å². The van der Waals surface area contributed by atoms with Gasteiger partial charge < -0.3 is 5.11 Å². The van der Waals surface area contributed by atoms with Crippen molar-refractivity contribution in [2.75, 3.05) is 13.2 Å². The van der Waals surface area contributed by atoms with Gasteiger partial charge in [0.15, 0.2) is 0 Å². The quantitative estimate of drug-likeness (QED) is 0.876. The topological polar surface area (TPSA) is 23.5 Å². The summed E-state index contributed by atoms with van der Waals surface area (Å²) in [5.74, 6) is -0.655. The average molecular weight is 241 g/mol. The van der Waals surface area contributed by atoms with Crippen molar-refractivity contribution >= 4 is 0 Å². The summed E-state index contributed by atoms with van der Waals surface area (Å²) >= 11 is 0. The number of hydrogen-bond acceptors (Lipinski definition) is 2. The number of aliphatic hydroxyl groups excluding tert-OH is 1. The summed E-state index contributed by atoms with van der Waals surface area (Å²) in [7, 11) is 0. The van der Waals surface area contributed by atoms with Gasteiger partial charge in [0, 0.05) is 18.2 Å². The Kier molecular flexibility index (Phi) is 3.74. The molecule has 1 saturated heterocycles. The van der Waals surface area contributed by atoms with Gasteiger partial charge in [-0.15, -0.1) is 0 Å². The molecule has 0 aliphatic carbocycles. The molecule has 0 saturated carbocycles. The first kappa shape index (κ1) is 12.5. The van der Waals surface area contributed by atoms with Crippen molar-refractivity contribution in [3.63, 3.8) is 0 Å². The van der Waals surface area contributed by atoms with E-state index in [2.05, 4.69) is 6.92 Å². The van der Waals surface area contributed by atoms with E-state index in [4.69, 9.17) is 0 Å². The standard InChI is InChI=1S/C13H17F2NO/c1-9-5-6-16(13(9)8-17)7-10-11(14)3-2-4-12(10)15/h2-4,9,13,17H,5-8H2,1H3. The molecule has 2 unspecified atom stereocenters. The molecule has 4 heteroatoms. The van der Waals surface area contributed by atoms with Crippen LogP contribution in [0.3, 0.4) is 0 Å². The normalized spacial score (nSPS) is 25.4. The lowest BCUT2D eigenvalue weighted by Gasteiger charge is -2.25. The van der Waals surface area contributed by atoms with Gasteiger partial charge in [-0.3, -0.25) is 4.90 Å². The van der Waals surface area contributed by atoms with Crippen LogP contribution in [0.4, 0.5) is 8.78 Å². The summed E-state index contributed by atoms with van der Waals surface area (Å²) in [6.45, 7) is 3.10. The Morgan fingerprint density at radius 1 is 1.35 bits per heavy atom. The highest BCUT2D eigenvalue weighted by Crippen LogP contribution is 2.26. The first-order valence-corrected chi connectivity index (χ1v) is 5.91. The minimum Gasteiger partial charge on any atom is -0.395 e. The van der Waals surface area contributed by atoms with E-state index >= 15 is 0 Å². The van der Waals surface area contributed by atoms with Gasteiger partial charge in [0.05, 0.1) is 6.61 Å². The number of hydrogen-bond donors (Lipinski definition) is 1. The third kappa shape index (κ3) is 2.48. The molecule has 0 radical (unpaired) electrons. The highest BCUT2D eigenvalue weighted by atomic mass is 19.1. The van der Waals surface area contributed by atoms with Crippen LogP contribution in [0.25, 0.3) is 0 Å². The number of likely N-dealkylation sites (tertiary alicyclic amines) is 1. The van der Waals surface area contributed by atoms with Crippen LogP contribution in [0.5, 0.6) is 0 Å². The fourth-order valence-corrected chi connectivity index (χ4v) is 2.47. The maximum atomic E-state index is 13.5. The van der Waals surface area contributed by atoms with Crippen molar-refractivity contribution in [3.8, 4) is 0 Å². The maximum Gasteiger partial charge on any atom is 0.130 e. The molecule has 1 N–H and O–H groups in total. The van der Waals surface area contributed by atoms with E-state index in [0.29, 0.717) is 5.92 Å². The van der Waals surface area contributed by atoms with E-state index in [1.54, 1.807) is 0 Å². The van der Waals surface area contributed by atoms with E-state index in [1.807, 2.05) is 4.90 Å². The van der Waals surface area contributed by atoms with Crippen LogP contribution in [0.15, 0.2) is 18.2 Å². The second-order valence-electron chi connectivity index (χ2n) is 4.69. The fourth-order valence-electron chi connectivity index (χ4n) is 2.47. The Bertz CT molecular complexity index is 377. The largest absolute Gasteiger partial charge is 0.395 e. The van der Waals surface area contributed by atoms with E-state index < -0.39 is 11.6 Å². The molecule has 1 aliphatic rings. The Morgan fingerprint density at radius 3 is 2.59 bits per heavy atom. The lowest BCUT2D eigenvalue weighted by Crippen LogP contribution is -2.35. The molecule has 0 spiro atoms. The van der Waals surface area contributed by atoms with Crippen molar-refractivity contribution in [2.24, 2.45) is 5.92 Å². The van der Waals surface area contributed by atoms with Crippen molar-refractivity contribution < 1.29 is 13.9 Å². The van der Waals surface area contributed by atoms with Gasteiger partial charge in [0.2, 0.25) is 0 Å². The molecular weight excluding hydrogens is 224 g/mol. The average Bonchev–Trinajstić information content (AvgIpc) is 2.64. The number of aliphatic hydroxyl groups is 1. The predicted octanol–water partition coefficient (Wildman–Crippen LogP) is 2.17. The van der Waals surface area contributed by atoms with Crippen molar-refractivity contribution in [3.05, 3.63) is 35.4 Å². The molecule has 1 aliphatic heterocycles. The summed E-state index contributed by atoms with van der Waals surface area (Å²) in [6.07, 6.45) is 0.960. The van der Waals surface area contributed by atoms with E-state index in [9.17, 15) is 13.9 Å². The molecule has 1 heterocycles. The minimum atomic E-state index is -0.513. The van der Waals surface area contributed by atoms with Gasteiger partial charge in [0.1, 0.15) is 11.6 Å². The second-order valence-corrected chi connectivity index (χ2v) is 4.69. The zero-order chi connectivity index (χ0) is 12.4. The number of rotatable bonds is 3. The lowest BCUT2D eigenvalue weighted by atomic mass is 10.0. The van der Waals surface area contributed by atoms with Crippen LogP contribution in [0, 0.1) is 17.6 Å². The van der Waals surface area contributed by atoms with Crippen LogP contribution < -0.4 is 0 Å². The Labute approximate surface area is 99.9 Å². The predicted molar refractivity (Wildman–Crippen MR) is 61.4 cm³/mol. The Balaban J connectivity index is 2.16. The summed E-state index contributed by atoms with van der Waals surface area (Å²) in [4.78, 5) is 1.95. The molecule has 0 aromatic heterocycles. The number of benzene rings is 1. The van der Waals surface area contributed by atoms with Crippen molar-refractivity contribution in [1.82, 2.24) is 4.90 Å². The van der Waals surface area contributed by atoms with E-state index in [1.165, 1.54) is 18.2 Å². The summed E-state index contributed by atoms with van der Waals surface area (Å²) < 4.78 is 27.0. The molecule has 17 heavy (non-hydrogen) atoms. The fraction of sp³-hybridized carbons (Fsp3) is 0.538. The molecule has 1 aromatic carbocycles. The van der Waals surface area contributed by atoms with Gasteiger partial charge >= 0.3 is 0 Å². The molecule has 2 atom stereocenters. The molecule has 0 bridgehead atoms. The summed E-state index contributed by atoms with van der Waals surface area (Å²) in [5, 5.41) is 9.29. The molecule has 2 rings (SSSR count). The second kappa shape index (κ2) is 5.10. The third-order valence-corrected chi connectivity index (χ3v) is 3.61. The third-order valence-electron chi connectivity index (χ3n) is 3.61. The Hall–Kier alpha value is -1.00. The lowest BCUT2D eigenvalue weighted by molar-refractivity contribution is 0.132. The highest BCUT2D eigenvalue weighted by molar-refractivity contribution is 5.19. The Morgan fingerprint density at radius 2 is 2.00 bits per heavy atom. The first-order valence-electron chi connectivity index (χ1n) is 5.91. The number of nitrogens with zero attached hydrogens (tertiary/aromatic N) is 1. The molecular formula is C13H17F2NO. The SMILES string of the molecule is CC1CCN(Cc2c(F)cccc2F)C1CO. The van der Waals surface area contributed by atoms with Crippen molar-refractivity contribution in [1.29, 1.82) is 0 Å². The summed E-state index contributed by atoms with van der Waals surface area (Å²) in [6, 6.07) is 3.91. The molecule has 94 valence electrons. The summed E-state index contributed by atoms with van der Waals surface area (Å²) in [5.41, 5.74) is 0.0973. The minimum absolute atomic E-state index is 0.00834. The van der Waals surface area contributed by atoms with Gasteiger partial charge in [-0.05, 0) is 31.0 Å². The molecule has 0 amide bonds. The number of halogens is 2. The molecule has 2 nitrogen and oxygen atoms in total. The smallest absolute Gasteiger partial charge is 0.130 e. The maximum absolute atomic E-state index is 13.5. The van der Waals surface area contributed by atoms with Crippen LogP contribution in [0.1, 0.15) is 18.9 Å². The van der Waals surface area contributed by atoms with Gasteiger partial charge in [0.25, 0.3) is 0 Å². The molecule has 1 fully saturated rings. The van der Waals surface area contributed by atoms with Crippen LogP contribution in [-0.4, -0.2) is 29.2 Å². The molecule has 1 aromatic rings. The van der Waals surface area contributed by atoms with Gasteiger partial charge in [-0.1, -0.05) is 13.0 Å². The highest BCUT2D eigenvalue weighted by Gasteiger charge is 2.31. The van der Waals surface area contributed by atoms with Crippen molar-refractivity contribution in [2.45, 2.75) is 25.9 Å². The van der Waals surface area contributed by atoms with Gasteiger partial charge in [-0.25, -0.2) is 8.78 Å². The van der Waals surface area contributed by atoms with Crippen LogP contribution >= 0.6 is 0 Å².